The van der Waals surface area contributed by atoms with Crippen molar-refractivity contribution < 1.29 is 130 Å². The third-order valence-electron chi connectivity index (χ3n) is 1.66. The quantitative estimate of drug-likeness (QED) is 0.232. The van der Waals surface area contributed by atoms with Crippen LogP contribution < -0.4 is 68.9 Å². The second kappa shape index (κ2) is 17.5. The normalized spacial score (nSPS) is 16.2. The van der Waals surface area contributed by atoms with Crippen LogP contribution in [0.5, 0.6) is 0 Å². The topological polar surface area (TPSA) is 317 Å². The molecule has 14 nitrogen and oxygen atoms in total. The van der Waals surface area contributed by atoms with Gasteiger partial charge in [0.05, 0.1) is 6.61 Å². The number of cyclic esters (lactones) is 1. The minimum Gasteiger partial charge on any atom is -0.780 e. The van der Waals surface area contributed by atoms with E-state index >= 15 is 0 Å². The monoisotopic (exact) mass is 390 g/mol. The molecular weight excluding hydrogens is 373 g/mol. The van der Waals surface area contributed by atoms with E-state index in [1.165, 1.54) is 0 Å². The number of phosphoric ester groups is 1. The van der Waals surface area contributed by atoms with Gasteiger partial charge in [-0.3, -0.25) is 0 Å². The van der Waals surface area contributed by atoms with Crippen molar-refractivity contribution in [3.05, 3.63) is 11.5 Å². The second-order valence-corrected chi connectivity index (χ2v) is 3.91. The van der Waals surface area contributed by atoms with Crippen molar-refractivity contribution in [1.29, 1.82) is 0 Å². The van der Waals surface area contributed by atoms with Crippen LogP contribution in [0, 0.1) is 0 Å². The Hall–Kier alpha value is 0.680. The Bertz CT molecular complexity index is 381. The van der Waals surface area contributed by atoms with Gasteiger partial charge >= 0.3 is 65.1 Å². The third kappa shape index (κ3) is 12.7. The largest absolute Gasteiger partial charge is 1.00 e. The van der Waals surface area contributed by atoms with Gasteiger partial charge in [0.15, 0.2) is 11.9 Å². The summed E-state index contributed by atoms with van der Waals surface area (Å²) < 4.78 is 18.2. The molecule has 2 atom stereocenters. The van der Waals surface area contributed by atoms with Crippen LogP contribution in [0.25, 0.3) is 0 Å². The van der Waals surface area contributed by atoms with Crippen LogP contribution in [0.4, 0.5) is 0 Å². The molecule has 17 heteroatoms. The molecule has 0 amide bonds. The standard InChI is InChI=1S/C6H9O9P.2Na.5H2O/c7-1-2(8)4-3(9)5(6(10)14-4)15-16(11,12)13;;;;;;;/h2,4,7-9H,1H2,(H2,11,12,13);;;5*1H2/q;2*+1;;;;;/p-2/t2-,4+;;;;;;;/m0......./s1. The zero-order valence-electron chi connectivity index (χ0n) is 12.1. The summed E-state index contributed by atoms with van der Waals surface area (Å²) in [5, 5.41) is 26.8. The van der Waals surface area contributed by atoms with Gasteiger partial charge in [-0.15, -0.1) is 0 Å². The summed E-state index contributed by atoms with van der Waals surface area (Å²) >= 11 is 0. The van der Waals surface area contributed by atoms with Gasteiger partial charge in [0.1, 0.15) is 13.9 Å². The number of aliphatic hydroxyl groups is 3. The minimum absolute atomic E-state index is 0. The van der Waals surface area contributed by atoms with E-state index < -0.39 is 44.1 Å². The average molecular weight is 390 g/mol. The number of ether oxygens (including phenoxy) is 1. The van der Waals surface area contributed by atoms with Crippen LogP contribution in [-0.4, -0.2) is 67.5 Å². The van der Waals surface area contributed by atoms with Gasteiger partial charge in [-0.2, -0.15) is 0 Å². The molecule has 0 bridgehead atoms. The zero-order valence-corrected chi connectivity index (χ0v) is 17.0. The van der Waals surface area contributed by atoms with Gasteiger partial charge in [-0.05, 0) is 0 Å². The van der Waals surface area contributed by atoms with Gasteiger partial charge in [0, 0.05) is 0 Å². The first-order chi connectivity index (χ1) is 7.26. The fourth-order valence-corrected chi connectivity index (χ4v) is 1.40. The molecule has 132 valence electrons. The van der Waals surface area contributed by atoms with Gasteiger partial charge < -0.3 is 66.3 Å². The molecule has 0 saturated heterocycles. The first-order valence-electron chi connectivity index (χ1n) is 3.91. The minimum atomic E-state index is -5.52. The van der Waals surface area contributed by atoms with E-state index in [2.05, 4.69) is 9.26 Å². The van der Waals surface area contributed by atoms with E-state index in [4.69, 9.17) is 10.2 Å². The predicted molar refractivity (Wildman–Crippen MR) is 59.4 cm³/mol. The maximum absolute atomic E-state index is 10.9. The van der Waals surface area contributed by atoms with Crippen molar-refractivity contribution in [3.8, 4) is 0 Å². The van der Waals surface area contributed by atoms with Crippen LogP contribution in [0.15, 0.2) is 11.5 Å². The molecule has 0 fully saturated rings. The molecule has 0 aliphatic carbocycles. The molecule has 0 saturated carbocycles. The van der Waals surface area contributed by atoms with Crippen LogP contribution in [0.3, 0.4) is 0 Å². The molecule has 1 heterocycles. The van der Waals surface area contributed by atoms with Gasteiger partial charge in [0.25, 0.3) is 5.76 Å². The van der Waals surface area contributed by atoms with Gasteiger partial charge in [-0.1, -0.05) is 0 Å². The summed E-state index contributed by atoms with van der Waals surface area (Å²) in [4.78, 5) is 31.4. The average Bonchev–Trinajstić information content (AvgIpc) is 2.42. The maximum Gasteiger partial charge on any atom is 1.00 e. The fraction of sp³-hybridized carbons (Fsp3) is 0.500. The number of hydrogen-bond acceptors (Lipinski definition) is 9. The van der Waals surface area contributed by atoms with Crippen LogP contribution in [0.2, 0.25) is 0 Å². The van der Waals surface area contributed by atoms with Crippen molar-refractivity contribution >= 4 is 13.8 Å². The molecule has 0 aromatic rings. The Balaban J connectivity index is -0.0000000731. The number of esters is 1. The molecule has 0 spiro atoms. The Morgan fingerprint density at radius 1 is 1.17 bits per heavy atom. The maximum atomic E-state index is 10.9. The fourth-order valence-electron chi connectivity index (χ4n) is 1.01. The molecule has 23 heavy (non-hydrogen) atoms. The molecule has 0 aromatic heterocycles. The first-order valence-corrected chi connectivity index (χ1v) is 5.37. The number of carbonyl (C=O) groups is 1. The van der Waals surface area contributed by atoms with E-state index in [-0.39, 0.29) is 86.5 Å². The molecule has 0 aromatic carbocycles. The van der Waals surface area contributed by atoms with E-state index in [0.717, 1.165) is 0 Å². The van der Waals surface area contributed by atoms with Crippen molar-refractivity contribution in [1.82, 2.24) is 0 Å². The Morgan fingerprint density at radius 2 is 1.57 bits per heavy atom. The van der Waals surface area contributed by atoms with Crippen molar-refractivity contribution in [2.24, 2.45) is 0 Å². The molecule has 0 unspecified atom stereocenters. The number of carbonyl (C=O) groups excluding carboxylic acids is 1. The number of phosphoric acid groups is 1. The van der Waals surface area contributed by atoms with E-state index in [1.54, 1.807) is 0 Å². The van der Waals surface area contributed by atoms with Crippen LogP contribution >= 0.6 is 7.82 Å². The molecule has 13 N–H and O–H groups in total. The number of rotatable bonds is 4. The van der Waals surface area contributed by atoms with E-state index in [0.29, 0.717) is 0 Å². The molecule has 1 aliphatic heterocycles. The summed E-state index contributed by atoms with van der Waals surface area (Å²) in [5.74, 6) is -3.67. The Kier molecular flexibility index (Phi) is 33.3. The Labute approximate surface area is 173 Å². The SMILES string of the molecule is O.O.O.O.O.O=C1O[C@H]([C@@H](O)CO)C(O)=C1OP(=O)([O-])[O-].[Na+].[Na+]. The van der Waals surface area contributed by atoms with Gasteiger partial charge in [-0.25, -0.2) is 4.79 Å². The van der Waals surface area contributed by atoms with Crippen molar-refractivity contribution in [2.75, 3.05) is 6.61 Å². The van der Waals surface area contributed by atoms with E-state index in [1.807, 2.05) is 0 Å². The van der Waals surface area contributed by atoms with Crippen LogP contribution in [-0.2, 0) is 18.6 Å². The molecule has 1 aliphatic rings. The summed E-state index contributed by atoms with van der Waals surface area (Å²) in [5.41, 5.74) is 0. The van der Waals surface area contributed by atoms with E-state index in [9.17, 15) is 24.3 Å². The number of aliphatic hydroxyl groups excluding tert-OH is 3. The second-order valence-electron chi connectivity index (χ2n) is 2.83. The van der Waals surface area contributed by atoms with Crippen molar-refractivity contribution in [3.63, 3.8) is 0 Å². The molecule has 1 rings (SSSR count). The summed E-state index contributed by atoms with van der Waals surface area (Å²) in [6.45, 7) is -0.846. The Morgan fingerprint density at radius 3 is 1.87 bits per heavy atom. The molecular formula is C6H17Na2O14P. The number of hydrogen-bond donors (Lipinski definition) is 3. The molecule has 0 radical (unpaired) electrons. The smallest absolute Gasteiger partial charge is 0.780 e. The summed E-state index contributed by atoms with van der Waals surface area (Å²) in [6.07, 6.45) is -3.30. The van der Waals surface area contributed by atoms with Crippen molar-refractivity contribution in [2.45, 2.75) is 12.2 Å². The first kappa shape index (κ1) is 43.8. The predicted octanol–water partition coefficient (Wildman–Crippen LogP) is -13.2. The zero-order chi connectivity index (χ0) is 12.5. The third-order valence-corrected chi connectivity index (χ3v) is 2.07. The summed E-state index contributed by atoms with van der Waals surface area (Å²) in [7, 11) is -5.52. The summed E-state index contributed by atoms with van der Waals surface area (Å²) in [6, 6.07) is 0. The van der Waals surface area contributed by atoms with Crippen LogP contribution in [0.1, 0.15) is 0 Å². The van der Waals surface area contributed by atoms with Gasteiger partial charge in [0.2, 0.25) is 0 Å².